The van der Waals surface area contributed by atoms with Crippen LogP contribution in [0.1, 0.15) is 28.7 Å². The molecule has 1 aromatic heterocycles. The van der Waals surface area contributed by atoms with Gasteiger partial charge in [0.2, 0.25) is 0 Å². The SMILES string of the molecule is CCc1ccc(C(=O)OCC2CN=C(c3ncccn3)NO2)cc1. The van der Waals surface area contributed by atoms with Gasteiger partial charge in [-0.2, -0.15) is 0 Å². The summed E-state index contributed by atoms with van der Waals surface area (Å²) < 4.78 is 5.28. The average molecular weight is 326 g/mol. The third-order valence-corrected chi connectivity index (χ3v) is 3.55. The fraction of sp³-hybridized carbons (Fsp3) is 0.294. The summed E-state index contributed by atoms with van der Waals surface area (Å²) in [6.45, 7) is 2.55. The Morgan fingerprint density at radius 1 is 1.29 bits per heavy atom. The number of esters is 1. The van der Waals surface area contributed by atoms with Gasteiger partial charge in [-0.25, -0.2) is 20.2 Å². The average Bonchev–Trinajstić information content (AvgIpc) is 2.67. The highest BCUT2D eigenvalue weighted by Crippen LogP contribution is 2.08. The monoisotopic (exact) mass is 326 g/mol. The number of benzene rings is 1. The molecule has 0 spiro atoms. The Morgan fingerprint density at radius 3 is 2.67 bits per heavy atom. The van der Waals surface area contributed by atoms with Crippen LogP contribution < -0.4 is 5.48 Å². The van der Waals surface area contributed by atoms with E-state index in [9.17, 15) is 4.79 Å². The third-order valence-electron chi connectivity index (χ3n) is 3.55. The van der Waals surface area contributed by atoms with Crippen molar-refractivity contribution >= 4 is 11.8 Å². The molecule has 1 atom stereocenters. The van der Waals surface area contributed by atoms with Crippen molar-refractivity contribution in [3.8, 4) is 0 Å². The lowest BCUT2D eigenvalue weighted by Gasteiger charge is -2.21. The third kappa shape index (κ3) is 3.94. The van der Waals surface area contributed by atoms with E-state index >= 15 is 0 Å². The van der Waals surface area contributed by atoms with Crippen molar-refractivity contribution in [3.05, 3.63) is 59.7 Å². The molecule has 124 valence electrons. The molecule has 1 aliphatic heterocycles. The van der Waals surface area contributed by atoms with Gasteiger partial charge in [0.25, 0.3) is 0 Å². The van der Waals surface area contributed by atoms with E-state index in [0.717, 1.165) is 6.42 Å². The first-order valence-electron chi connectivity index (χ1n) is 7.76. The van der Waals surface area contributed by atoms with Crippen LogP contribution in [0.15, 0.2) is 47.7 Å². The molecule has 0 radical (unpaired) electrons. The zero-order valence-corrected chi connectivity index (χ0v) is 13.3. The highest BCUT2D eigenvalue weighted by atomic mass is 16.7. The minimum Gasteiger partial charge on any atom is -0.459 e. The van der Waals surface area contributed by atoms with Gasteiger partial charge in [-0.05, 0) is 30.2 Å². The minimum atomic E-state index is -0.373. The zero-order chi connectivity index (χ0) is 16.8. The molecule has 0 bridgehead atoms. The number of hydroxylamine groups is 1. The summed E-state index contributed by atoms with van der Waals surface area (Å²) >= 11 is 0. The van der Waals surface area contributed by atoms with Crippen molar-refractivity contribution in [2.45, 2.75) is 19.4 Å². The maximum absolute atomic E-state index is 12.0. The van der Waals surface area contributed by atoms with Crippen LogP contribution in [0.2, 0.25) is 0 Å². The second-order valence-corrected chi connectivity index (χ2v) is 5.25. The number of hydrogen-bond acceptors (Lipinski definition) is 7. The summed E-state index contributed by atoms with van der Waals surface area (Å²) in [5, 5.41) is 0. The minimum absolute atomic E-state index is 0.119. The van der Waals surface area contributed by atoms with Crippen molar-refractivity contribution in [1.82, 2.24) is 15.4 Å². The van der Waals surface area contributed by atoms with E-state index in [1.807, 2.05) is 12.1 Å². The molecule has 7 nitrogen and oxygen atoms in total. The standard InChI is InChI=1S/C17H18N4O3/c1-2-12-4-6-13(7-5-12)17(22)23-11-14-10-20-16(21-24-14)15-18-8-3-9-19-15/h3-9,14H,2,10-11H2,1H3,(H,20,21). The smallest absolute Gasteiger partial charge is 0.338 e. The van der Waals surface area contributed by atoms with Crippen molar-refractivity contribution in [1.29, 1.82) is 0 Å². The molecule has 0 saturated heterocycles. The zero-order valence-electron chi connectivity index (χ0n) is 13.3. The van der Waals surface area contributed by atoms with Gasteiger partial charge in [-0.15, -0.1) is 0 Å². The number of hydrogen-bond donors (Lipinski definition) is 1. The lowest BCUT2D eigenvalue weighted by molar-refractivity contribution is -0.0351. The number of nitrogens with one attached hydrogen (secondary N) is 1. The van der Waals surface area contributed by atoms with Crippen LogP contribution >= 0.6 is 0 Å². The molecular weight excluding hydrogens is 308 g/mol. The van der Waals surface area contributed by atoms with E-state index in [2.05, 4.69) is 27.4 Å². The first-order valence-corrected chi connectivity index (χ1v) is 7.76. The van der Waals surface area contributed by atoms with Gasteiger partial charge in [-0.1, -0.05) is 19.1 Å². The molecule has 2 aromatic rings. The Morgan fingerprint density at radius 2 is 2.04 bits per heavy atom. The van der Waals surface area contributed by atoms with E-state index in [-0.39, 0.29) is 18.7 Å². The Bertz CT molecular complexity index is 716. The largest absolute Gasteiger partial charge is 0.459 e. The van der Waals surface area contributed by atoms with Gasteiger partial charge >= 0.3 is 5.97 Å². The molecule has 1 unspecified atom stereocenters. The molecule has 7 heteroatoms. The van der Waals surface area contributed by atoms with Crippen LogP contribution in [0, 0.1) is 0 Å². The highest BCUT2D eigenvalue weighted by Gasteiger charge is 2.20. The van der Waals surface area contributed by atoms with Crippen LogP contribution in [-0.2, 0) is 16.0 Å². The molecule has 0 saturated carbocycles. The van der Waals surface area contributed by atoms with Crippen LogP contribution in [0.5, 0.6) is 0 Å². The van der Waals surface area contributed by atoms with E-state index in [0.29, 0.717) is 23.8 Å². The summed E-state index contributed by atoms with van der Waals surface area (Å²) in [6, 6.07) is 9.11. The molecule has 1 aromatic carbocycles. The fourth-order valence-corrected chi connectivity index (χ4v) is 2.15. The maximum Gasteiger partial charge on any atom is 0.338 e. The molecule has 2 heterocycles. The second-order valence-electron chi connectivity index (χ2n) is 5.25. The molecule has 3 rings (SSSR count). The van der Waals surface area contributed by atoms with Gasteiger partial charge in [0.1, 0.15) is 12.7 Å². The fourth-order valence-electron chi connectivity index (χ4n) is 2.15. The number of rotatable bonds is 5. The quantitative estimate of drug-likeness (QED) is 0.839. The molecule has 1 aliphatic rings. The van der Waals surface area contributed by atoms with Crippen LogP contribution in [0.4, 0.5) is 0 Å². The second kappa shape index (κ2) is 7.65. The normalized spacial score (nSPS) is 16.9. The Balaban J connectivity index is 1.51. The molecule has 24 heavy (non-hydrogen) atoms. The molecule has 0 aliphatic carbocycles. The molecular formula is C17H18N4O3. The van der Waals surface area contributed by atoms with Gasteiger partial charge in [-0.3, -0.25) is 9.83 Å². The topological polar surface area (TPSA) is 85.7 Å². The number of amidine groups is 1. The van der Waals surface area contributed by atoms with E-state index < -0.39 is 0 Å². The van der Waals surface area contributed by atoms with E-state index in [1.165, 1.54) is 5.56 Å². The number of carbonyl (C=O) groups excluding carboxylic acids is 1. The van der Waals surface area contributed by atoms with E-state index in [1.54, 1.807) is 30.6 Å². The number of aliphatic imine (C=N–C) groups is 1. The summed E-state index contributed by atoms with van der Waals surface area (Å²) in [4.78, 5) is 29.9. The van der Waals surface area contributed by atoms with Crippen molar-refractivity contribution in [2.75, 3.05) is 13.2 Å². The highest BCUT2D eigenvalue weighted by molar-refractivity contribution is 5.94. The first-order chi connectivity index (χ1) is 11.8. The van der Waals surface area contributed by atoms with Crippen LogP contribution in [-0.4, -0.2) is 41.0 Å². The summed E-state index contributed by atoms with van der Waals surface area (Å²) in [7, 11) is 0. The first kappa shape index (κ1) is 16.1. The predicted octanol–water partition coefficient (Wildman–Crippen LogP) is 1.55. The lowest BCUT2D eigenvalue weighted by atomic mass is 10.1. The molecule has 0 fully saturated rings. The van der Waals surface area contributed by atoms with Gasteiger partial charge in [0, 0.05) is 12.4 Å². The number of aromatic nitrogens is 2. The summed E-state index contributed by atoms with van der Waals surface area (Å²) in [5.41, 5.74) is 4.40. The van der Waals surface area contributed by atoms with Crippen LogP contribution in [0.25, 0.3) is 0 Å². The lowest BCUT2D eigenvalue weighted by Crippen LogP contribution is -2.40. The predicted molar refractivity (Wildman–Crippen MR) is 87.5 cm³/mol. The van der Waals surface area contributed by atoms with Crippen molar-refractivity contribution in [2.24, 2.45) is 4.99 Å². The van der Waals surface area contributed by atoms with Crippen molar-refractivity contribution in [3.63, 3.8) is 0 Å². The summed E-state index contributed by atoms with van der Waals surface area (Å²) in [6.07, 6.45) is 3.84. The number of ether oxygens (including phenoxy) is 1. The number of carbonyl (C=O) groups is 1. The maximum atomic E-state index is 12.0. The summed E-state index contributed by atoms with van der Waals surface area (Å²) in [5.74, 6) is 0.555. The Hall–Kier alpha value is -2.80. The number of nitrogens with zero attached hydrogens (tertiary/aromatic N) is 3. The molecule has 0 amide bonds. The van der Waals surface area contributed by atoms with Gasteiger partial charge < -0.3 is 4.74 Å². The van der Waals surface area contributed by atoms with Gasteiger partial charge in [0.05, 0.1) is 12.1 Å². The van der Waals surface area contributed by atoms with E-state index in [4.69, 9.17) is 9.57 Å². The Labute approximate surface area is 139 Å². The number of aryl methyl sites for hydroxylation is 1. The molecule has 1 N–H and O–H groups in total. The Kier molecular flexibility index (Phi) is 5.12. The van der Waals surface area contributed by atoms with Gasteiger partial charge in [0.15, 0.2) is 11.7 Å². The van der Waals surface area contributed by atoms with Crippen LogP contribution in [0.3, 0.4) is 0 Å². The van der Waals surface area contributed by atoms with Crippen molar-refractivity contribution < 1.29 is 14.4 Å².